The van der Waals surface area contributed by atoms with Gasteiger partial charge in [0.2, 0.25) is 11.8 Å². The minimum absolute atomic E-state index is 0.136. The lowest BCUT2D eigenvalue weighted by Gasteiger charge is -2.09. The fraction of sp³-hybridized carbons (Fsp3) is 0.200. The number of benzene rings is 2. The van der Waals surface area contributed by atoms with Crippen LogP contribution >= 0.6 is 0 Å². The number of rotatable bonds is 6. The number of hydrogen-bond acceptors (Lipinski definition) is 4. The molecular weight excluding hydrogens is 332 g/mol. The van der Waals surface area contributed by atoms with E-state index < -0.39 is 0 Å². The zero-order chi connectivity index (χ0) is 19.1. The molecule has 2 aromatic carbocycles. The first-order valence-corrected chi connectivity index (χ1v) is 8.02. The molecule has 0 spiro atoms. The number of ether oxygens (including phenoxy) is 2. The minimum Gasteiger partial charge on any atom is -0.493 e. The normalized spacial score (nSPS) is 10.5. The molecule has 136 valence electrons. The van der Waals surface area contributed by atoms with Crippen molar-refractivity contribution in [3.63, 3.8) is 0 Å². The summed E-state index contributed by atoms with van der Waals surface area (Å²) in [6, 6.07) is 10.7. The Kier molecular flexibility index (Phi) is 6.38. The lowest BCUT2D eigenvalue weighted by molar-refractivity contribution is -0.114. The largest absolute Gasteiger partial charge is 0.493 e. The lowest BCUT2D eigenvalue weighted by Crippen LogP contribution is -2.10. The quantitative estimate of drug-likeness (QED) is 0.777. The first kappa shape index (κ1) is 19.1. The minimum atomic E-state index is -0.258. The first-order valence-electron chi connectivity index (χ1n) is 8.02. The lowest BCUT2D eigenvalue weighted by atomic mass is 10.1. The summed E-state index contributed by atoms with van der Waals surface area (Å²) < 4.78 is 10.4. The van der Waals surface area contributed by atoms with Gasteiger partial charge in [-0.3, -0.25) is 9.59 Å². The van der Waals surface area contributed by atoms with Gasteiger partial charge < -0.3 is 20.1 Å². The SMILES string of the molecule is COc1ccc(/C=C/C(=O)Nc2ccc(NC(C)=O)c(C)c2)cc1OC. The van der Waals surface area contributed by atoms with Crippen LogP contribution in [-0.2, 0) is 9.59 Å². The van der Waals surface area contributed by atoms with Crippen molar-refractivity contribution in [2.24, 2.45) is 0 Å². The molecule has 0 aliphatic heterocycles. The van der Waals surface area contributed by atoms with Gasteiger partial charge in [0.25, 0.3) is 0 Å². The molecule has 0 saturated heterocycles. The number of nitrogens with one attached hydrogen (secondary N) is 2. The summed E-state index contributed by atoms with van der Waals surface area (Å²) in [4.78, 5) is 23.2. The van der Waals surface area contributed by atoms with Crippen LogP contribution in [0.15, 0.2) is 42.5 Å². The van der Waals surface area contributed by atoms with Gasteiger partial charge in [0.1, 0.15) is 0 Å². The average Bonchev–Trinajstić information content (AvgIpc) is 2.61. The number of methoxy groups -OCH3 is 2. The zero-order valence-electron chi connectivity index (χ0n) is 15.3. The van der Waals surface area contributed by atoms with E-state index in [0.29, 0.717) is 17.2 Å². The van der Waals surface area contributed by atoms with Crippen LogP contribution in [0.1, 0.15) is 18.1 Å². The van der Waals surface area contributed by atoms with Crippen molar-refractivity contribution in [3.05, 3.63) is 53.6 Å². The maximum Gasteiger partial charge on any atom is 0.248 e. The number of amides is 2. The summed E-state index contributed by atoms with van der Waals surface area (Å²) in [6.07, 6.45) is 3.13. The van der Waals surface area contributed by atoms with Crippen LogP contribution < -0.4 is 20.1 Å². The number of anilines is 2. The Morgan fingerprint density at radius 1 is 0.962 bits per heavy atom. The van der Waals surface area contributed by atoms with E-state index >= 15 is 0 Å². The molecule has 2 N–H and O–H groups in total. The van der Waals surface area contributed by atoms with Crippen molar-refractivity contribution < 1.29 is 19.1 Å². The second-order valence-corrected chi connectivity index (χ2v) is 5.65. The fourth-order valence-electron chi connectivity index (χ4n) is 2.38. The number of carbonyl (C=O) groups excluding carboxylic acids is 2. The Balaban J connectivity index is 2.05. The summed E-state index contributed by atoms with van der Waals surface area (Å²) in [6.45, 7) is 3.31. The third kappa shape index (κ3) is 5.11. The Bertz CT molecular complexity index is 844. The molecule has 0 unspecified atom stereocenters. The molecule has 0 fully saturated rings. The van der Waals surface area contributed by atoms with E-state index in [1.54, 1.807) is 50.6 Å². The number of hydrogen-bond donors (Lipinski definition) is 2. The standard InChI is InChI=1S/C20H22N2O4/c1-13-11-16(7-8-17(13)21-14(2)23)22-20(24)10-6-15-5-9-18(25-3)19(12-15)26-4/h5-12H,1-4H3,(H,21,23)(H,22,24)/b10-6+. The third-order valence-corrected chi connectivity index (χ3v) is 3.64. The Morgan fingerprint density at radius 3 is 2.31 bits per heavy atom. The van der Waals surface area contributed by atoms with Crippen molar-refractivity contribution in [2.75, 3.05) is 24.9 Å². The highest BCUT2D eigenvalue weighted by Gasteiger charge is 2.05. The second-order valence-electron chi connectivity index (χ2n) is 5.65. The van der Waals surface area contributed by atoms with E-state index in [1.807, 2.05) is 13.0 Å². The molecule has 2 rings (SSSR count). The van der Waals surface area contributed by atoms with Gasteiger partial charge in [-0.25, -0.2) is 0 Å². The van der Waals surface area contributed by atoms with Crippen molar-refractivity contribution in [1.29, 1.82) is 0 Å². The summed E-state index contributed by atoms with van der Waals surface area (Å²) in [5.74, 6) is 0.831. The van der Waals surface area contributed by atoms with Gasteiger partial charge in [-0.15, -0.1) is 0 Å². The molecule has 2 amide bonds. The molecule has 0 radical (unpaired) electrons. The van der Waals surface area contributed by atoms with Crippen LogP contribution in [0.2, 0.25) is 0 Å². The fourth-order valence-corrected chi connectivity index (χ4v) is 2.38. The molecule has 0 bridgehead atoms. The van der Waals surface area contributed by atoms with Gasteiger partial charge in [0, 0.05) is 24.4 Å². The van der Waals surface area contributed by atoms with E-state index in [2.05, 4.69) is 10.6 Å². The predicted octanol–water partition coefficient (Wildman–Crippen LogP) is 3.62. The summed E-state index contributed by atoms with van der Waals surface area (Å²) >= 11 is 0. The highest BCUT2D eigenvalue weighted by Crippen LogP contribution is 2.28. The van der Waals surface area contributed by atoms with Crippen LogP contribution in [0.4, 0.5) is 11.4 Å². The van der Waals surface area contributed by atoms with Crippen molar-refractivity contribution in [2.45, 2.75) is 13.8 Å². The molecular formula is C20H22N2O4. The monoisotopic (exact) mass is 354 g/mol. The van der Waals surface area contributed by atoms with E-state index in [-0.39, 0.29) is 11.8 Å². The molecule has 2 aromatic rings. The van der Waals surface area contributed by atoms with Gasteiger partial charge in [-0.2, -0.15) is 0 Å². The van der Waals surface area contributed by atoms with Crippen LogP contribution in [0.5, 0.6) is 11.5 Å². The van der Waals surface area contributed by atoms with Gasteiger partial charge in [0.05, 0.1) is 14.2 Å². The highest BCUT2D eigenvalue weighted by molar-refractivity contribution is 6.02. The Labute approximate surface area is 152 Å². The third-order valence-electron chi connectivity index (χ3n) is 3.64. The highest BCUT2D eigenvalue weighted by atomic mass is 16.5. The maximum atomic E-state index is 12.1. The van der Waals surface area contributed by atoms with Crippen molar-refractivity contribution >= 4 is 29.3 Å². The van der Waals surface area contributed by atoms with Crippen molar-refractivity contribution in [1.82, 2.24) is 0 Å². The molecule has 0 atom stereocenters. The van der Waals surface area contributed by atoms with Crippen molar-refractivity contribution in [3.8, 4) is 11.5 Å². The van der Waals surface area contributed by atoms with Gasteiger partial charge in [0.15, 0.2) is 11.5 Å². The zero-order valence-corrected chi connectivity index (χ0v) is 15.3. The van der Waals surface area contributed by atoms with Gasteiger partial charge in [-0.1, -0.05) is 6.07 Å². The summed E-state index contributed by atoms with van der Waals surface area (Å²) in [7, 11) is 3.13. The number of aryl methyl sites for hydroxylation is 1. The molecule has 26 heavy (non-hydrogen) atoms. The summed E-state index contributed by atoms with van der Waals surface area (Å²) in [5.41, 5.74) is 3.05. The number of carbonyl (C=O) groups is 2. The Hall–Kier alpha value is -3.28. The molecule has 0 heterocycles. The molecule has 0 aliphatic rings. The van der Waals surface area contributed by atoms with E-state index in [0.717, 1.165) is 16.8 Å². The van der Waals surface area contributed by atoms with E-state index in [4.69, 9.17) is 9.47 Å². The molecule has 0 aliphatic carbocycles. The molecule has 6 nitrogen and oxygen atoms in total. The topological polar surface area (TPSA) is 76.7 Å². The van der Waals surface area contributed by atoms with E-state index in [1.165, 1.54) is 13.0 Å². The Morgan fingerprint density at radius 2 is 1.69 bits per heavy atom. The summed E-state index contributed by atoms with van der Waals surface area (Å²) in [5, 5.41) is 5.52. The van der Waals surface area contributed by atoms with Crippen LogP contribution in [0, 0.1) is 6.92 Å². The predicted molar refractivity (Wildman–Crippen MR) is 103 cm³/mol. The smallest absolute Gasteiger partial charge is 0.248 e. The van der Waals surface area contributed by atoms with Crippen LogP contribution in [0.3, 0.4) is 0 Å². The maximum absolute atomic E-state index is 12.1. The van der Waals surface area contributed by atoms with Crippen LogP contribution in [-0.4, -0.2) is 26.0 Å². The second kappa shape index (κ2) is 8.71. The van der Waals surface area contributed by atoms with Gasteiger partial charge in [-0.05, 0) is 54.5 Å². The average molecular weight is 354 g/mol. The van der Waals surface area contributed by atoms with Crippen LogP contribution in [0.25, 0.3) is 6.08 Å². The van der Waals surface area contributed by atoms with Gasteiger partial charge >= 0.3 is 0 Å². The first-order chi connectivity index (χ1) is 12.4. The molecule has 0 aromatic heterocycles. The molecule has 6 heteroatoms. The van der Waals surface area contributed by atoms with E-state index in [9.17, 15) is 9.59 Å². The molecule has 0 saturated carbocycles.